The van der Waals surface area contributed by atoms with Crippen LogP contribution in [0.25, 0.3) is 98.4 Å². The Balaban J connectivity index is 0.990. The molecule has 0 bridgehead atoms. The molecule has 0 spiro atoms. The van der Waals surface area contributed by atoms with Gasteiger partial charge in [0.2, 0.25) is 0 Å². The minimum Gasteiger partial charge on any atom is -0.453 e. The summed E-state index contributed by atoms with van der Waals surface area (Å²) in [6.07, 6.45) is 1.88. The van der Waals surface area contributed by atoms with Crippen molar-refractivity contribution in [1.29, 1.82) is 0 Å². The van der Waals surface area contributed by atoms with Crippen molar-refractivity contribution in [2.75, 3.05) is 9.80 Å². The molecule has 0 saturated heterocycles. The van der Waals surface area contributed by atoms with Crippen molar-refractivity contribution < 1.29 is 8.83 Å². The molecule has 14 aromatic rings. The Kier molecular flexibility index (Phi) is 9.75. The zero-order valence-corrected chi connectivity index (χ0v) is 40.1. The van der Waals surface area contributed by atoms with Crippen LogP contribution in [0.15, 0.2) is 239 Å². The number of nitrogens with zero attached hydrogens (tertiary/aromatic N) is 2. The van der Waals surface area contributed by atoms with E-state index in [-0.39, 0.29) is 0 Å². The Bertz CT molecular complexity index is 4090. The average Bonchev–Trinajstić information content (AvgIpc) is 4.04. The van der Waals surface area contributed by atoms with Gasteiger partial charge in [-0.05, 0) is 105 Å². The zero-order valence-electron chi connectivity index (χ0n) is 40.1. The van der Waals surface area contributed by atoms with Crippen LogP contribution < -0.4 is 9.80 Å². The highest BCUT2D eigenvalue weighted by Crippen LogP contribution is 2.51. The predicted octanol–water partition coefficient (Wildman–Crippen LogP) is 19.8. The van der Waals surface area contributed by atoms with Crippen LogP contribution in [0.4, 0.5) is 34.1 Å². The second-order valence-electron chi connectivity index (χ2n) is 18.8. The molecule has 342 valence electrons. The number of furan rings is 2. The van der Waals surface area contributed by atoms with Crippen molar-refractivity contribution in [3.8, 4) is 22.3 Å². The molecule has 0 aliphatic carbocycles. The van der Waals surface area contributed by atoms with Crippen molar-refractivity contribution >= 4 is 110 Å². The number of aryl methyl sites for hydroxylation is 2. The first-order valence-corrected chi connectivity index (χ1v) is 25.1. The van der Waals surface area contributed by atoms with E-state index in [4.69, 9.17) is 8.83 Å². The molecule has 0 radical (unpaired) electrons. The van der Waals surface area contributed by atoms with Gasteiger partial charge in [-0.3, -0.25) is 0 Å². The van der Waals surface area contributed by atoms with E-state index in [1.165, 1.54) is 43.8 Å². The molecule has 14 rings (SSSR count). The van der Waals surface area contributed by atoms with Gasteiger partial charge in [-0.15, -0.1) is 0 Å². The summed E-state index contributed by atoms with van der Waals surface area (Å²) in [5.41, 5.74) is 17.0. The molecule has 0 unspecified atom stereocenters. The molecule has 0 N–H and O–H groups in total. The van der Waals surface area contributed by atoms with Crippen molar-refractivity contribution in [1.82, 2.24) is 0 Å². The van der Waals surface area contributed by atoms with Gasteiger partial charge in [-0.1, -0.05) is 196 Å². The van der Waals surface area contributed by atoms with E-state index in [9.17, 15) is 0 Å². The van der Waals surface area contributed by atoms with E-state index in [0.717, 1.165) is 113 Å². The summed E-state index contributed by atoms with van der Waals surface area (Å²) < 4.78 is 14.4. The van der Waals surface area contributed by atoms with E-state index < -0.39 is 0 Å². The van der Waals surface area contributed by atoms with Crippen molar-refractivity contribution in [2.24, 2.45) is 0 Å². The van der Waals surface area contributed by atoms with Gasteiger partial charge in [0.25, 0.3) is 0 Å². The summed E-state index contributed by atoms with van der Waals surface area (Å²) in [7, 11) is 0. The first-order chi connectivity index (χ1) is 35.7. The molecular weight excluding hydrogens is 877 g/mol. The third-order valence-electron chi connectivity index (χ3n) is 15.0. The fourth-order valence-electron chi connectivity index (χ4n) is 11.7. The summed E-state index contributed by atoms with van der Waals surface area (Å²) in [6.45, 7) is 4.44. The van der Waals surface area contributed by atoms with Gasteiger partial charge in [0.05, 0.1) is 22.7 Å². The first kappa shape index (κ1) is 41.8. The maximum atomic E-state index is 7.18. The molecule has 0 fully saturated rings. The largest absolute Gasteiger partial charge is 0.453 e. The summed E-state index contributed by atoms with van der Waals surface area (Å²) in [6, 6.07) is 83.4. The molecule has 2 aromatic heterocycles. The molecule has 0 amide bonds. The van der Waals surface area contributed by atoms with E-state index in [0.29, 0.717) is 0 Å². The summed E-state index contributed by atoms with van der Waals surface area (Å²) in [5, 5.41) is 11.5. The van der Waals surface area contributed by atoms with E-state index in [1.807, 2.05) is 0 Å². The Labute approximate surface area is 417 Å². The monoisotopic (exact) mass is 924 g/mol. The Morgan fingerprint density at radius 1 is 0.278 bits per heavy atom. The molecule has 4 heteroatoms. The van der Waals surface area contributed by atoms with Crippen LogP contribution in [-0.2, 0) is 12.8 Å². The highest BCUT2D eigenvalue weighted by Gasteiger charge is 2.26. The quantitative estimate of drug-likeness (QED) is 0.128. The second kappa shape index (κ2) is 16.8. The minimum absolute atomic E-state index is 0.853. The van der Waals surface area contributed by atoms with Gasteiger partial charge < -0.3 is 18.6 Å². The predicted molar refractivity (Wildman–Crippen MR) is 304 cm³/mol. The van der Waals surface area contributed by atoms with Gasteiger partial charge >= 0.3 is 0 Å². The van der Waals surface area contributed by atoms with Crippen LogP contribution in [0.5, 0.6) is 0 Å². The van der Waals surface area contributed by atoms with Crippen LogP contribution in [0.3, 0.4) is 0 Å². The number of hydrogen-bond donors (Lipinski definition) is 0. The van der Waals surface area contributed by atoms with Gasteiger partial charge in [-0.2, -0.15) is 0 Å². The molecule has 0 saturated carbocycles. The van der Waals surface area contributed by atoms with E-state index >= 15 is 0 Å². The van der Waals surface area contributed by atoms with Crippen molar-refractivity contribution in [2.45, 2.75) is 26.7 Å². The lowest BCUT2D eigenvalue weighted by molar-refractivity contribution is 0.669. The van der Waals surface area contributed by atoms with Crippen LogP contribution in [0.1, 0.15) is 25.0 Å². The number of benzene rings is 12. The average molecular weight is 925 g/mol. The van der Waals surface area contributed by atoms with Crippen LogP contribution in [-0.4, -0.2) is 0 Å². The molecule has 4 nitrogen and oxygen atoms in total. The lowest BCUT2D eigenvalue weighted by Gasteiger charge is -2.29. The highest BCUT2D eigenvalue weighted by atomic mass is 16.3. The molecule has 2 heterocycles. The van der Waals surface area contributed by atoms with E-state index in [2.05, 4.69) is 254 Å². The van der Waals surface area contributed by atoms with Crippen molar-refractivity contribution in [3.63, 3.8) is 0 Å². The zero-order chi connectivity index (χ0) is 47.9. The van der Waals surface area contributed by atoms with Gasteiger partial charge in [0.15, 0.2) is 11.2 Å². The van der Waals surface area contributed by atoms with Gasteiger partial charge in [-0.25, -0.2) is 0 Å². The van der Waals surface area contributed by atoms with Crippen LogP contribution in [0, 0.1) is 0 Å². The first-order valence-electron chi connectivity index (χ1n) is 25.1. The molecule has 0 aliphatic rings. The number of fused-ring (bicyclic) bond motifs is 6. The molecule has 0 atom stereocenters. The van der Waals surface area contributed by atoms with E-state index in [1.54, 1.807) is 0 Å². The molecule has 0 aliphatic heterocycles. The molecule has 72 heavy (non-hydrogen) atoms. The standard InChI is InChI=1S/C68H48N2O2/c1-3-43-19-11-13-25-49(43)51-27-15-29-53-55-31-17-33-61(67(55)71-65(51)53)69(47-21-7-5-8-22-47)59-41-37-45-36-40-58-60(42-38-46-35-39-57(59)63(45)64(46)58)70(48-23-9-6-10-24-48)62-34-18-32-56-54-30-16-28-52(66(54)72-68(56)62)50-26-14-12-20-44(50)4-2/h5-42H,3-4H2,1-2H3. The van der Waals surface area contributed by atoms with Crippen LogP contribution in [0.2, 0.25) is 0 Å². The van der Waals surface area contributed by atoms with Gasteiger partial charge in [0, 0.05) is 54.8 Å². The number of para-hydroxylation sites is 6. The lowest BCUT2D eigenvalue weighted by atomic mass is 9.91. The Morgan fingerprint density at radius 3 is 1.07 bits per heavy atom. The SMILES string of the molecule is CCc1ccccc1-c1cccc2c1oc1c(N(c3ccccc3)c3ccc4ccc5c(N(c6ccccc6)c6cccc7c6oc6c(-c8ccccc8CC)cccc67)ccc6ccc3c4c65)cccc12. The topological polar surface area (TPSA) is 32.8 Å². The third kappa shape index (κ3) is 6.39. The summed E-state index contributed by atoms with van der Waals surface area (Å²) in [4.78, 5) is 4.78. The maximum absolute atomic E-state index is 7.18. The molecule has 12 aromatic carbocycles. The summed E-state index contributed by atoms with van der Waals surface area (Å²) >= 11 is 0. The van der Waals surface area contributed by atoms with Gasteiger partial charge in [0.1, 0.15) is 11.2 Å². The maximum Gasteiger partial charge on any atom is 0.159 e. The molecular formula is C68H48N2O2. The fourth-order valence-corrected chi connectivity index (χ4v) is 11.7. The fraction of sp³-hybridized carbons (Fsp3) is 0.0588. The normalized spacial score (nSPS) is 11.9. The van der Waals surface area contributed by atoms with Crippen molar-refractivity contribution in [3.05, 3.63) is 242 Å². The van der Waals surface area contributed by atoms with Crippen LogP contribution >= 0.6 is 0 Å². The Hall–Kier alpha value is -9.12. The summed E-state index contributed by atoms with van der Waals surface area (Å²) in [5.74, 6) is 0. The second-order valence-corrected chi connectivity index (χ2v) is 18.8. The number of rotatable bonds is 10. The number of anilines is 6. The minimum atomic E-state index is 0.853. The lowest BCUT2D eigenvalue weighted by Crippen LogP contribution is -2.11. The number of hydrogen-bond acceptors (Lipinski definition) is 4. The highest BCUT2D eigenvalue weighted by molar-refractivity contribution is 6.29. The smallest absolute Gasteiger partial charge is 0.159 e. The third-order valence-corrected chi connectivity index (χ3v) is 15.0. The Morgan fingerprint density at radius 2 is 0.639 bits per heavy atom.